The Morgan fingerprint density at radius 1 is 0.343 bits per heavy atom. The van der Waals surface area contributed by atoms with Gasteiger partial charge in [-0.1, -0.05) is 193 Å². The lowest BCUT2D eigenvalue weighted by Gasteiger charge is -2.04. The van der Waals surface area contributed by atoms with Crippen LogP contribution in [0, 0.1) is 0 Å². The Morgan fingerprint density at radius 2 is 0.543 bits per heavy atom. The fraction of sp³-hybridized carbons (Fsp3) is 0.941. The quantitative estimate of drug-likeness (QED) is 0.0697. The van der Waals surface area contributed by atoms with E-state index in [1.54, 1.807) is 6.08 Å². The molecule has 0 fully saturated rings. The fourth-order valence-electron chi connectivity index (χ4n) is 5.33. The third-order valence-corrected chi connectivity index (χ3v) is 7.79. The van der Waals surface area contributed by atoms with Crippen LogP contribution in [0.15, 0.2) is 6.08 Å². The highest BCUT2D eigenvalue weighted by molar-refractivity contribution is 5.44. The molecule has 0 unspecified atom stereocenters. The Kier molecular flexibility index (Phi) is 32.9. The standard InChI is InChI=1S/C34H66O/c1-2-3-4-5-6-7-8-9-10-11-12-13-14-15-16-17-18-19-20-21-22-23-24-25-26-27-28-29-30-31-32-33-34-35/h33H,2-32H2,1H3. The van der Waals surface area contributed by atoms with E-state index in [1.807, 2.05) is 5.94 Å². The lowest BCUT2D eigenvalue weighted by Crippen LogP contribution is -1.85. The van der Waals surface area contributed by atoms with Crippen molar-refractivity contribution in [2.24, 2.45) is 0 Å². The molecule has 0 rings (SSSR count). The van der Waals surface area contributed by atoms with Gasteiger partial charge in [0.15, 0.2) is 0 Å². The molecule has 0 heterocycles. The molecular formula is C34H66O. The van der Waals surface area contributed by atoms with Crippen molar-refractivity contribution in [1.29, 1.82) is 0 Å². The second-order valence-corrected chi connectivity index (χ2v) is 11.4. The largest absolute Gasteiger partial charge is 0.234 e. The topological polar surface area (TPSA) is 17.1 Å². The van der Waals surface area contributed by atoms with E-state index >= 15 is 0 Å². The van der Waals surface area contributed by atoms with Gasteiger partial charge in [-0.15, -0.1) is 0 Å². The highest BCUT2D eigenvalue weighted by Crippen LogP contribution is 2.16. The van der Waals surface area contributed by atoms with Crippen LogP contribution >= 0.6 is 0 Å². The van der Waals surface area contributed by atoms with Crippen LogP contribution in [-0.2, 0) is 4.79 Å². The molecule has 0 aliphatic rings. The van der Waals surface area contributed by atoms with Gasteiger partial charge in [-0.05, 0) is 18.9 Å². The Hall–Kier alpha value is -0.550. The van der Waals surface area contributed by atoms with Gasteiger partial charge in [-0.25, -0.2) is 4.79 Å². The average Bonchev–Trinajstić information content (AvgIpc) is 2.87. The van der Waals surface area contributed by atoms with Crippen LogP contribution in [0.2, 0.25) is 0 Å². The lowest BCUT2D eigenvalue weighted by molar-refractivity contribution is 0.513. The van der Waals surface area contributed by atoms with Crippen molar-refractivity contribution in [2.45, 2.75) is 206 Å². The zero-order valence-electron chi connectivity index (χ0n) is 24.4. The summed E-state index contributed by atoms with van der Waals surface area (Å²) in [6.45, 7) is 2.30. The Morgan fingerprint density at radius 3 is 0.743 bits per heavy atom. The molecule has 0 atom stereocenters. The molecule has 0 bridgehead atoms. The number of carbonyl (C=O) groups excluding carboxylic acids is 1. The minimum Gasteiger partial charge on any atom is -0.234 e. The van der Waals surface area contributed by atoms with E-state index in [-0.39, 0.29) is 0 Å². The van der Waals surface area contributed by atoms with Crippen molar-refractivity contribution in [3.63, 3.8) is 0 Å². The maximum absolute atomic E-state index is 10.1. The molecule has 1 heteroatoms. The van der Waals surface area contributed by atoms with Gasteiger partial charge < -0.3 is 0 Å². The summed E-state index contributed by atoms with van der Waals surface area (Å²) < 4.78 is 0. The van der Waals surface area contributed by atoms with Crippen LogP contribution in [0.1, 0.15) is 206 Å². The maximum Gasteiger partial charge on any atom is 0.120 e. The molecule has 0 aromatic carbocycles. The van der Waals surface area contributed by atoms with Crippen molar-refractivity contribution in [3.05, 3.63) is 6.08 Å². The Labute approximate surface area is 222 Å². The molecule has 0 aliphatic heterocycles. The van der Waals surface area contributed by atoms with E-state index in [4.69, 9.17) is 0 Å². The summed E-state index contributed by atoms with van der Waals surface area (Å²) in [6.07, 6.45) is 45.7. The SMILES string of the molecule is CCCCCCCCCCCCCCCCCCCCCCCCCCCCCCCCC=C=O. The first kappa shape index (κ1) is 34.5. The number of unbranched alkanes of at least 4 members (excludes halogenated alkanes) is 30. The van der Waals surface area contributed by atoms with Crippen LogP contribution in [0.5, 0.6) is 0 Å². The van der Waals surface area contributed by atoms with Gasteiger partial charge in [-0.3, -0.25) is 0 Å². The summed E-state index contributed by atoms with van der Waals surface area (Å²) in [6, 6.07) is 0. The minimum atomic E-state index is 0.920. The van der Waals surface area contributed by atoms with Gasteiger partial charge in [0.25, 0.3) is 0 Å². The van der Waals surface area contributed by atoms with E-state index in [9.17, 15) is 4.79 Å². The second kappa shape index (κ2) is 33.4. The number of hydrogen-bond acceptors (Lipinski definition) is 1. The molecule has 0 aromatic heterocycles. The Balaban J connectivity index is 3.01. The minimum absolute atomic E-state index is 0.920. The van der Waals surface area contributed by atoms with E-state index in [0.717, 1.165) is 12.8 Å². The normalized spacial score (nSPS) is 11.1. The molecule has 0 aromatic rings. The van der Waals surface area contributed by atoms with Crippen molar-refractivity contribution >= 4 is 5.94 Å². The lowest BCUT2D eigenvalue weighted by atomic mass is 10.0. The third-order valence-electron chi connectivity index (χ3n) is 7.79. The third kappa shape index (κ3) is 33.5. The molecule has 0 amide bonds. The van der Waals surface area contributed by atoms with Gasteiger partial charge in [-0.2, -0.15) is 0 Å². The zero-order valence-corrected chi connectivity index (χ0v) is 24.4. The summed E-state index contributed by atoms with van der Waals surface area (Å²) >= 11 is 0. The van der Waals surface area contributed by atoms with Crippen LogP contribution in [0.25, 0.3) is 0 Å². The van der Waals surface area contributed by atoms with E-state index in [1.165, 1.54) is 186 Å². The first-order valence-electron chi connectivity index (χ1n) is 16.6. The smallest absolute Gasteiger partial charge is 0.120 e. The zero-order chi connectivity index (χ0) is 25.3. The van der Waals surface area contributed by atoms with Gasteiger partial charge >= 0.3 is 0 Å². The first-order chi connectivity index (χ1) is 17.4. The summed E-state index contributed by atoms with van der Waals surface area (Å²) in [5.74, 6) is 1.87. The number of rotatable bonds is 31. The predicted molar refractivity (Wildman–Crippen MR) is 159 cm³/mol. The van der Waals surface area contributed by atoms with E-state index in [2.05, 4.69) is 6.92 Å². The summed E-state index contributed by atoms with van der Waals surface area (Å²) in [5, 5.41) is 0. The first-order valence-corrected chi connectivity index (χ1v) is 16.6. The summed E-state index contributed by atoms with van der Waals surface area (Å²) in [7, 11) is 0. The monoisotopic (exact) mass is 491 g/mol. The number of allylic oxidation sites excluding steroid dienone is 1. The highest BCUT2D eigenvalue weighted by Gasteiger charge is 1.97. The predicted octanol–water partition coefficient (Wildman–Crippen LogP) is 12.5. The fourth-order valence-corrected chi connectivity index (χ4v) is 5.33. The van der Waals surface area contributed by atoms with Crippen LogP contribution in [0.4, 0.5) is 0 Å². The molecule has 0 saturated heterocycles. The van der Waals surface area contributed by atoms with Crippen molar-refractivity contribution in [2.75, 3.05) is 0 Å². The van der Waals surface area contributed by atoms with Crippen molar-refractivity contribution in [3.8, 4) is 0 Å². The molecule has 0 radical (unpaired) electrons. The van der Waals surface area contributed by atoms with Crippen molar-refractivity contribution < 1.29 is 4.79 Å². The van der Waals surface area contributed by atoms with Gasteiger partial charge in [0.1, 0.15) is 5.94 Å². The average molecular weight is 491 g/mol. The summed E-state index contributed by atoms with van der Waals surface area (Å²) in [5.41, 5.74) is 0. The van der Waals surface area contributed by atoms with E-state index < -0.39 is 0 Å². The molecule has 0 saturated carbocycles. The van der Waals surface area contributed by atoms with Crippen LogP contribution in [0.3, 0.4) is 0 Å². The highest BCUT2D eigenvalue weighted by atomic mass is 16.1. The molecule has 35 heavy (non-hydrogen) atoms. The Bertz CT molecular complexity index is 409. The summed E-state index contributed by atoms with van der Waals surface area (Å²) in [4.78, 5) is 10.1. The maximum atomic E-state index is 10.1. The van der Waals surface area contributed by atoms with Crippen LogP contribution < -0.4 is 0 Å². The molecular weight excluding hydrogens is 424 g/mol. The van der Waals surface area contributed by atoms with Crippen LogP contribution in [-0.4, -0.2) is 5.94 Å². The molecule has 0 aliphatic carbocycles. The van der Waals surface area contributed by atoms with Gasteiger partial charge in [0, 0.05) is 0 Å². The van der Waals surface area contributed by atoms with Crippen molar-refractivity contribution in [1.82, 2.24) is 0 Å². The van der Waals surface area contributed by atoms with Gasteiger partial charge in [0.05, 0.1) is 0 Å². The van der Waals surface area contributed by atoms with Gasteiger partial charge in [0.2, 0.25) is 0 Å². The van der Waals surface area contributed by atoms with E-state index in [0.29, 0.717) is 0 Å². The molecule has 1 nitrogen and oxygen atoms in total. The second-order valence-electron chi connectivity index (χ2n) is 11.4. The molecule has 208 valence electrons. The molecule has 0 N–H and O–H groups in total. The number of hydrogen-bond donors (Lipinski definition) is 0. The molecule has 0 spiro atoms.